The average Bonchev–Trinajstić information content (AvgIpc) is 2.83. The molecule has 3 rings (SSSR count). The Morgan fingerprint density at radius 2 is 1.45 bits per heavy atom. The Bertz CT molecular complexity index is 1090. The summed E-state index contributed by atoms with van der Waals surface area (Å²) in [6, 6.07) is 25.1. The minimum Gasteiger partial charge on any atom is -0.489 e. The van der Waals surface area contributed by atoms with E-state index in [9.17, 15) is 8.42 Å². The van der Waals surface area contributed by atoms with Crippen LogP contribution in [-0.2, 0) is 27.3 Å². The molecule has 0 aromatic heterocycles. The average molecular weight is 465 g/mol. The zero-order valence-electron chi connectivity index (χ0n) is 19.2. The topological polar surface area (TPSA) is 52.6 Å². The minimum atomic E-state index is -3.66. The van der Waals surface area contributed by atoms with Crippen molar-refractivity contribution in [2.24, 2.45) is 0 Å². The molecular weight excluding hydrogens is 432 g/mol. The maximum Gasteiger partial charge on any atom is 0.296 e. The molecule has 0 aliphatic carbocycles. The summed E-state index contributed by atoms with van der Waals surface area (Å²) in [7, 11) is -3.66. The molecule has 0 saturated carbocycles. The highest BCUT2D eigenvalue weighted by atomic mass is 32.2. The summed E-state index contributed by atoms with van der Waals surface area (Å²) in [5, 5.41) is 0. The molecule has 0 bridgehead atoms. The first-order valence-electron chi connectivity index (χ1n) is 11.4. The fraction of sp³-hybridized carbons (Fsp3) is 0.286. The number of unbranched alkanes of at least 4 members (excludes halogenated alkanes) is 2. The van der Waals surface area contributed by atoms with Gasteiger partial charge in [0, 0.05) is 0 Å². The van der Waals surface area contributed by atoms with E-state index in [0.29, 0.717) is 13.0 Å². The molecule has 174 valence electrons. The summed E-state index contributed by atoms with van der Waals surface area (Å²) < 4.78 is 35.2. The predicted octanol–water partition coefficient (Wildman–Crippen LogP) is 6.64. The standard InChI is InChI=1S/C28H32O4S/c1-24-14-20-28(21-15-24)33(29,30)32-22-10-5-3-2-4-7-11-25-16-18-27(19-17-25)31-23-26-12-8-6-9-13-26/h2,4,6,8-9,12-21H,3,5,7,10-11,22-23H2,1H3. The van der Waals surface area contributed by atoms with Gasteiger partial charge in [-0.1, -0.05) is 72.3 Å². The van der Waals surface area contributed by atoms with Crippen molar-refractivity contribution in [2.45, 2.75) is 50.5 Å². The fourth-order valence-electron chi connectivity index (χ4n) is 3.28. The lowest BCUT2D eigenvalue weighted by molar-refractivity contribution is 0.306. The Morgan fingerprint density at radius 1 is 0.758 bits per heavy atom. The SMILES string of the molecule is Cc1ccc(S(=O)(=O)OCCCCC=CCCc2ccc(OCc3ccccc3)cc2)cc1. The predicted molar refractivity (Wildman–Crippen MR) is 133 cm³/mol. The molecule has 0 aliphatic rings. The van der Waals surface area contributed by atoms with Gasteiger partial charge in [0.2, 0.25) is 0 Å². The number of rotatable bonds is 13. The minimum absolute atomic E-state index is 0.211. The van der Waals surface area contributed by atoms with Crippen LogP contribution in [0.25, 0.3) is 0 Å². The van der Waals surface area contributed by atoms with Gasteiger partial charge in [-0.15, -0.1) is 0 Å². The largest absolute Gasteiger partial charge is 0.489 e. The van der Waals surface area contributed by atoms with E-state index in [-0.39, 0.29) is 11.5 Å². The quantitative estimate of drug-likeness (QED) is 0.162. The number of aryl methyl sites for hydroxylation is 2. The van der Waals surface area contributed by atoms with Crippen LogP contribution in [0.5, 0.6) is 5.75 Å². The molecule has 0 unspecified atom stereocenters. The van der Waals surface area contributed by atoms with E-state index in [0.717, 1.165) is 42.6 Å². The Labute approximate surface area is 198 Å². The van der Waals surface area contributed by atoms with Crippen LogP contribution in [0.3, 0.4) is 0 Å². The van der Waals surface area contributed by atoms with Crippen LogP contribution in [0.1, 0.15) is 42.4 Å². The second kappa shape index (κ2) is 13.0. The second-order valence-electron chi connectivity index (χ2n) is 8.01. The van der Waals surface area contributed by atoms with E-state index in [1.807, 2.05) is 37.3 Å². The highest BCUT2D eigenvalue weighted by Crippen LogP contribution is 2.16. The maximum atomic E-state index is 12.1. The molecule has 0 radical (unpaired) electrons. The summed E-state index contributed by atoms with van der Waals surface area (Å²) in [6.07, 6.45) is 8.82. The smallest absolute Gasteiger partial charge is 0.296 e. The van der Waals surface area contributed by atoms with Gasteiger partial charge in [0.15, 0.2) is 0 Å². The van der Waals surface area contributed by atoms with Gasteiger partial charge in [0.05, 0.1) is 11.5 Å². The summed E-state index contributed by atoms with van der Waals surface area (Å²) in [6.45, 7) is 2.71. The fourth-order valence-corrected chi connectivity index (χ4v) is 4.23. The van der Waals surface area contributed by atoms with E-state index < -0.39 is 10.1 Å². The number of hydrogen-bond acceptors (Lipinski definition) is 4. The first-order valence-corrected chi connectivity index (χ1v) is 12.8. The summed E-state index contributed by atoms with van der Waals surface area (Å²) in [5.74, 6) is 0.879. The molecule has 0 fully saturated rings. The van der Waals surface area contributed by atoms with E-state index in [1.165, 1.54) is 5.56 Å². The molecule has 0 aliphatic heterocycles. The highest BCUT2D eigenvalue weighted by Gasteiger charge is 2.14. The molecule has 0 atom stereocenters. The zero-order chi connectivity index (χ0) is 23.4. The van der Waals surface area contributed by atoms with Crippen molar-refractivity contribution in [2.75, 3.05) is 6.61 Å². The molecule has 5 heteroatoms. The van der Waals surface area contributed by atoms with Crippen LogP contribution in [0.15, 0.2) is 95.9 Å². The van der Waals surface area contributed by atoms with Crippen molar-refractivity contribution < 1.29 is 17.3 Å². The molecule has 0 amide bonds. The molecule has 33 heavy (non-hydrogen) atoms. The Kier molecular flexibility index (Phi) is 9.73. The second-order valence-corrected chi connectivity index (χ2v) is 9.63. The number of hydrogen-bond donors (Lipinski definition) is 0. The summed E-state index contributed by atoms with van der Waals surface area (Å²) in [4.78, 5) is 0.212. The monoisotopic (exact) mass is 464 g/mol. The number of allylic oxidation sites excluding steroid dienone is 2. The van der Waals surface area contributed by atoms with Crippen LogP contribution in [0.4, 0.5) is 0 Å². The lowest BCUT2D eigenvalue weighted by Gasteiger charge is -2.07. The normalized spacial score (nSPS) is 11.7. The number of benzene rings is 3. The third-order valence-corrected chi connectivity index (χ3v) is 6.58. The van der Waals surface area contributed by atoms with E-state index in [2.05, 4.69) is 36.4 Å². The zero-order valence-corrected chi connectivity index (χ0v) is 20.0. The van der Waals surface area contributed by atoms with Crippen molar-refractivity contribution in [1.29, 1.82) is 0 Å². The van der Waals surface area contributed by atoms with Gasteiger partial charge in [-0.05, 0) is 74.4 Å². The molecule has 3 aromatic carbocycles. The Hall–Kier alpha value is -2.89. The van der Waals surface area contributed by atoms with Gasteiger partial charge in [-0.3, -0.25) is 4.18 Å². The molecule has 0 heterocycles. The third-order valence-electron chi connectivity index (χ3n) is 5.25. The molecular formula is C28H32O4S. The van der Waals surface area contributed by atoms with Crippen LogP contribution >= 0.6 is 0 Å². The summed E-state index contributed by atoms with van der Waals surface area (Å²) >= 11 is 0. The van der Waals surface area contributed by atoms with Gasteiger partial charge >= 0.3 is 0 Å². The van der Waals surface area contributed by atoms with Crippen molar-refractivity contribution >= 4 is 10.1 Å². The van der Waals surface area contributed by atoms with E-state index in [1.54, 1.807) is 24.3 Å². The third kappa shape index (κ3) is 8.87. The lowest BCUT2D eigenvalue weighted by Crippen LogP contribution is -2.07. The lowest BCUT2D eigenvalue weighted by atomic mass is 10.1. The van der Waals surface area contributed by atoms with Crippen LogP contribution in [-0.4, -0.2) is 15.0 Å². The van der Waals surface area contributed by atoms with Crippen molar-refractivity contribution in [3.8, 4) is 5.75 Å². The molecule has 3 aromatic rings. The first-order chi connectivity index (χ1) is 16.0. The molecule has 0 N–H and O–H groups in total. The number of ether oxygens (including phenoxy) is 1. The van der Waals surface area contributed by atoms with Crippen molar-refractivity contribution in [3.63, 3.8) is 0 Å². The molecule has 4 nitrogen and oxygen atoms in total. The van der Waals surface area contributed by atoms with Crippen LogP contribution in [0, 0.1) is 6.92 Å². The van der Waals surface area contributed by atoms with E-state index >= 15 is 0 Å². The van der Waals surface area contributed by atoms with E-state index in [4.69, 9.17) is 8.92 Å². The summed E-state index contributed by atoms with van der Waals surface area (Å²) in [5.41, 5.74) is 3.46. The Morgan fingerprint density at radius 3 is 2.18 bits per heavy atom. The Balaban J connectivity index is 1.26. The van der Waals surface area contributed by atoms with Crippen LogP contribution in [0.2, 0.25) is 0 Å². The van der Waals surface area contributed by atoms with Gasteiger partial charge in [-0.2, -0.15) is 8.42 Å². The van der Waals surface area contributed by atoms with Crippen molar-refractivity contribution in [1.82, 2.24) is 0 Å². The highest BCUT2D eigenvalue weighted by molar-refractivity contribution is 7.86. The van der Waals surface area contributed by atoms with Gasteiger partial charge in [-0.25, -0.2) is 0 Å². The first kappa shape index (κ1) is 24.7. The van der Waals surface area contributed by atoms with Crippen LogP contribution < -0.4 is 4.74 Å². The van der Waals surface area contributed by atoms with Crippen molar-refractivity contribution in [3.05, 3.63) is 108 Å². The molecule has 0 saturated heterocycles. The maximum absolute atomic E-state index is 12.1. The van der Waals surface area contributed by atoms with Gasteiger partial charge in [0.25, 0.3) is 10.1 Å². The van der Waals surface area contributed by atoms with Gasteiger partial charge in [0.1, 0.15) is 12.4 Å². The molecule has 0 spiro atoms. The van der Waals surface area contributed by atoms with Gasteiger partial charge < -0.3 is 4.74 Å².